The predicted molar refractivity (Wildman–Crippen MR) is 148 cm³/mol. The Labute approximate surface area is 214 Å². The topological polar surface area (TPSA) is 109 Å². The van der Waals surface area contributed by atoms with E-state index in [0.717, 1.165) is 24.1 Å². The highest BCUT2D eigenvalue weighted by molar-refractivity contribution is 5.93. The van der Waals surface area contributed by atoms with Gasteiger partial charge >= 0.3 is 5.97 Å². The van der Waals surface area contributed by atoms with E-state index < -0.39 is 5.97 Å². The Morgan fingerprint density at radius 2 is 1.86 bits per heavy atom. The SMILES string of the molecule is CC.CC.CCC1(CNc2nc3c(CNc4ncccc4C(=O)O)cc(C)cc3c(=O)n2C)CCC1. The van der Waals surface area contributed by atoms with Crippen LogP contribution in [0.1, 0.15) is 81.8 Å². The van der Waals surface area contributed by atoms with E-state index in [2.05, 4.69) is 22.5 Å². The average molecular weight is 496 g/mol. The van der Waals surface area contributed by atoms with Gasteiger partial charge in [0.15, 0.2) is 0 Å². The summed E-state index contributed by atoms with van der Waals surface area (Å²) in [7, 11) is 1.74. The number of rotatable bonds is 8. The molecule has 36 heavy (non-hydrogen) atoms. The molecule has 1 saturated carbocycles. The number of aromatic nitrogens is 3. The van der Waals surface area contributed by atoms with Gasteiger partial charge in [-0.2, -0.15) is 0 Å². The Morgan fingerprint density at radius 3 is 2.44 bits per heavy atom. The molecule has 3 N–H and O–H groups in total. The highest BCUT2D eigenvalue weighted by atomic mass is 16.4. The molecule has 0 unspecified atom stereocenters. The Hall–Kier alpha value is -3.42. The van der Waals surface area contributed by atoms with Crippen LogP contribution in [0.15, 0.2) is 35.3 Å². The molecule has 1 aromatic carbocycles. The molecule has 0 saturated heterocycles. The van der Waals surface area contributed by atoms with Gasteiger partial charge in [0, 0.05) is 26.3 Å². The fourth-order valence-electron chi connectivity index (χ4n) is 4.40. The third kappa shape index (κ3) is 6.22. The predicted octanol–water partition coefficient (Wildman–Crippen LogP) is 5.99. The van der Waals surface area contributed by atoms with Crippen LogP contribution in [0.3, 0.4) is 0 Å². The van der Waals surface area contributed by atoms with Crippen LogP contribution in [-0.4, -0.2) is 32.2 Å². The van der Waals surface area contributed by atoms with E-state index in [1.54, 1.807) is 23.9 Å². The van der Waals surface area contributed by atoms with E-state index in [-0.39, 0.29) is 22.4 Å². The number of benzene rings is 1. The van der Waals surface area contributed by atoms with Gasteiger partial charge in [0.05, 0.1) is 10.9 Å². The summed E-state index contributed by atoms with van der Waals surface area (Å²) in [5.41, 5.74) is 2.65. The van der Waals surface area contributed by atoms with E-state index in [0.29, 0.717) is 23.4 Å². The highest BCUT2D eigenvalue weighted by Crippen LogP contribution is 2.43. The number of hydrogen-bond donors (Lipinski definition) is 3. The van der Waals surface area contributed by atoms with Gasteiger partial charge in [0.25, 0.3) is 5.56 Å². The van der Waals surface area contributed by atoms with Gasteiger partial charge in [0.2, 0.25) is 5.95 Å². The van der Waals surface area contributed by atoms with Crippen molar-refractivity contribution in [1.29, 1.82) is 0 Å². The number of pyridine rings is 1. The molecule has 196 valence electrons. The van der Waals surface area contributed by atoms with Crippen molar-refractivity contribution < 1.29 is 9.90 Å². The molecule has 0 radical (unpaired) electrons. The normalized spacial score (nSPS) is 13.4. The number of nitrogens with zero attached hydrogens (tertiary/aromatic N) is 3. The van der Waals surface area contributed by atoms with Crippen molar-refractivity contribution in [2.75, 3.05) is 17.2 Å². The Bertz CT molecular complexity index is 1230. The van der Waals surface area contributed by atoms with E-state index in [1.165, 1.54) is 25.3 Å². The zero-order chi connectivity index (χ0) is 26.9. The number of carboxylic acid groups (broad SMARTS) is 1. The lowest BCUT2D eigenvalue weighted by atomic mass is 9.67. The second-order valence-corrected chi connectivity index (χ2v) is 8.74. The first kappa shape index (κ1) is 28.8. The number of nitrogens with one attached hydrogen (secondary N) is 2. The Balaban J connectivity index is 0.00000109. The summed E-state index contributed by atoms with van der Waals surface area (Å²) in [5.74, 6) is -0.211. The lowest BCUT2D eigenvalue weighted by Gasteiger charge is -2.41. The first-order chi connectivity index (χ1) is 17.3. The number of anilines is 2. The molecule has 0 aliphatic heterocycles. The minimum absolute atomic E-state index is 0.0982. The van der Waals surface area contributed by atoms with Crippen molar-refractivity contribution in [2.45, 2.75) is 73.8 Å². The van der Waals surface area contributed by atoms with Crippen molar-refractivity contribution in [3.05, 3.63) is 57.5 Å². The zero-order valence-corrected chi connectivity index (χ0v) is 22.7. The maximum Gasteiger partial charge on any atom is 0.339 e. The van der Waals surface area contributed by atoms with Gasteiger partial charge in [-0.1, -0.05) is 47.1 Å². The molecule has 1 fully saturated rings. The minimum atomic E-state index is -1.05. The van der Waals surface area contributed by atoms with E-state index in [9.17, 15) is 14.7 Å². The number of carboxylic acids is 1. The van der Waals surface area contributed by atoms with Crippen LogP contribution >= 0.6 is 0 Å². The maximum atomic E-state index is 13.1. The van der Waals surface area contributed by atoms with Crippen molar-refractivity contribution in [1.82, 2.24) is 14.5 Å². The second kappa shape index (κ2) is 13.0. The van der Waals surface area contributed by atoms with Gasteiger partial charge in [0.1, 0.15) is 11.4 Å². The number of fused-ring (bicyclic) bond motifs is 1. The quantitative estimate of drug-likeness (QED) is 0.352. The Kier molecular flexibility index (Phi) is 10.4. The maximum absolute atomic E-state index is 13.1. The first-order valence-corrected chi connectivity index (χ1v) is 13.0. The van der Waals surface area contributed by atoms with E-state index >= 15 is 0 Å². The lowest BCUT2D eigenvalue weighted by Crippen LogP contribution is -2.37. The van der Waals surface area contributed by atoms with Crippen molar-refractivity contribution in [3.63, 3.8) is 0 Å². The molecule has 0 amide bonds. The summed E-state index contributed by atoms with van der Waals surface area (Å²) in [6, 6.07) is 6.91. The molecule has 2 aromatic heterocycles. The van der Waals surface area contributed by atoms with Gasteiger partial charge in [-0.15, -0.1) is 0 Å². The third-order valence-electron chi connectivity index (χ3n) is 6.67. The molecule has 0 atom stereocenters. The summed E-state index contributed by atoms with van der Waals surface area (Å²) in [6.45, 7) is 13.2. The van der Waals surface area contributed by atoms with Gasteiger partial charge in [-0.05, 0) is 60.9 Å². The summed E-state index contributed by atoms with van der Waals surface area (Å²) in [4.78, 5) is 33.6. The van der Waals surface area contributed by atoms with Crippen LogP contribution in [0.25, 0.3) is 10.9 Å². The zero-order valence-electron chi connectivity index (χ0n) is 22.7. The molecule has 8 heteroatoms. The van der Waals surface area contributed by atoms with Crippen LogP contribution in [0.2, 0.25) is 0 Å². The molecule has 4 rings (SSSR count). The number of aromatic carboxylic acids is 1. The molecule has 1 aliphatic rings. The van der Waals surface area contributed by atoms with Gasteiger partial charge in [-0.25, -0.2) is 14.8 Å². The second-order valence-electron chi connectivity index (χ2n) is 8.74. The van der Waals surface area contributed by atoms with E-state index in [4.69, 9.17) is 4.98 Å². The average Bonchev–Trinajstić information content (AvgIpc) is 2.88. The Morgan fingerprint density at radius 1 is 1.17 bits per heavy atom. The lowest BCUT2D eigenvalue weighted by molar-refractivity contribution is 0.0697. The standard InChI is InChI=1S/C24H29N5O3.2C2H6/c1-4-24(8-6-9-24)14-27-23-28-19-16(11-15(2)12-18(19)21(30)29(23)3)13-26-20-17(22(31)32)7-5-10-25-20;2*1-2/h5,7,10-12H,4,6,8-9,13-14H2,1-3H3,(H,25,26)(H,27,28)(H,31,32);2*1-2H3. The van der Waals surface area contributed by atoms with Crippen LogP contribution in [0.5, 0.6) is 0 Å². The van der Waals surface area contributed by atoms with Gasteiger partial charge in [-0.3, -0.25) is 9.36 Å². The summed E-state index contributed by atoms with van der Waals surface area (Å²) >= 11 is 0. The minimum Gasteiger partial charge on any atom is -0.478 e. The molecule has 0 spiro atoms. The van der Waals surface area contributed by atoms with Crippen molar-refractivity contribution in [3.8, 4) is 0 Å². The van der Waals surface area contributed by atoms with Crippen LogP contribution in [0.4, 0.5) is 11.8 Å². The summed E-state index contributed by atoms with van der Waals surface area (Å²) in [5, 5.41) is 16.5. The fraction of sp³-hybridized carbons (Fsp3) is 0.500. The third-order valence-corrected chi connectivity index (χ3v) is 6.67. The summed E-state index contributed by atoms with van der Waals surface area (Å²) in [6.07, 6.45) is 6.29. The molecule has 1 aliphatic carbocycles. The van der Waals surface area contributed by atoms with Crippen molar-refractivity contribution in [2.24, 2.45) is 12.5 Å². The van der Waals surface area contributed by atoms with Crippen molar-refractivity contribution >= 4 is 28.6 Å². The number of carbonyl (C=O) groups is 1. The number of hydrogen-bond acceptors (Lipinski definition) is 6. The first-order valence-electron chi connectivity index (χ1n) is 13.0. The molecular formula is C28H41N5O3. The largest absolute Gasteiger partial charge is 0.478 e. The molecule has 0 bridgehead atoms. The van der Waals surface area contributed by atoms with E-state index in [1.807, 2.05) is 46.8 Å². The highest BCUT2D eigenvalue weighted by Gasteiger charge is 2.35. The molecule has 2 heterocycles. The molecular weight excluding hydrogens is 454 g/mol. The molecule has 3 aromatic rings. The number of aryl methyl sites for hydroxylation is 1. The fourth-order valence-corrected chi connectivity index (χ4v) is 4.40. The van der Waals surface area contributed by atoms with Gasteiger partial charge < -0.3 is 15.7 Å². The van der Waals surface area contributed by atoms with Crippen LogP contribution < -0.4 is 16.2 Å². The van der Waals surface area contributed by atoms with Crippen LogP contribution in [-0.2, 0) is 13.6 Å². The summed E-state index contributed by atoms with van der Waals surface area (Å²) < 4.78 is 1.57. The smallest absolute Gasteiger partial charge is 0.339 e. The van der Waals surface area contributed by atoms with Crippen LogP contribution in [0, 0.1) is 12.3 Å². The molecule has 8 nitrogen and oxygen atoms in total. The monoisotopic (exact) mass is 495 g/mol.